The number of halogens is 1. The maximum Gasteiger partial charge on any atom is 0.141 e. The van der Waals surface area contributed by atoms with Gasteiger partial charge in [-0.15, -0.1) is 11.3 Å². The average molecular weight is 406 g/mol. The number of thiazole rings is 1. The smallest absolute Gasteiger partial charge is 0.141 e. The summed E-state index contributed by atoms with van der Waals surface area (Å²) in [6.45, 7) is 1.55. The van der Waals surface area contributed by atoms with E-state index in [-0.39, 0.29) is 5.82 Å². The van der Waals surface area contributed by atoms with Gasteiger partial charge in [0.2, 0.25) is 0 Å². The summed E-state index contributed by atoms with van der Waals surface area (Å²) in [6, 6.07) is 16.4. The van der Waals surface area contributed by atoms with Gasteiger partial charge in [0.15, 0.2) is 0 Å². The van der Waals surface area contributed by atoms with Crippen LogP contribution < -0.4 is 10.6 Å². The van der Waals surface area contributed by atoms with Crippen LogP contribution in [0.3, 0.4) is 0 Å². The number of nitrogens with one attached hydrogen (secondary N) is 2. The number of anilines is 2. The highest BCUT2D eigenvalue weighted by Gasteiger charge is 2.04. The molecule has 0 aliphatic rings. The second kappa shape index (κ2) is 9.36. The minimum absolute atomic E-state index is 0.202. The lowest BCUT2D eigenvalue weighted by Crippen LogP contribution is -2.16. The van der Waals surface area contributed by atoms with Gasteiger partial charge in [-0.3, -0.25) is 0 Å². The molecule has 0 bridgehead atoms. The van der Waals surface area contributed by atoms with E-state index in [1.54, 1.807) is 17.5 Å². The van der Waals surface area contributed by atoms with Crippen molar-refractivity contribution in [1.29, 1.82) is 0 Å². The summed E-state index contributed by atoms with van der Waals surface area (Å²) in [6.07, 6.45) is 4.47. The van der Waals surface area contributed by atoms with Crippen LogP contribution in [0.5, 0.6) is 0 Å². The third kappa shape index (κ3) is 5.43. The summed E-state index contributed by atoms with van der Waals surface area (Å²) < 4.78 is 12.9. The molecule has 3 heterocycles. The monoisotopic (exact) mass is 405 g/mol. The first-order valence-electron chi connectivity index (χ1n) is 9.30. The molecule has 0 radical (unpaired) electrons. The summed E-state index contributed by atoms with van der Waals surface area (Å²) in [5.41, 5.74) is 3.05. The van der Waals surface area contributed by atoms with Gasteiger partial charge >= 0.3 is 0 Å². The molecule has 0 atom stereocenters. The zero-order valence-corrected chi connectivity index (χ0v) is 16.5. The van der Waals surface area contributed by atoms with Crippen LogP contribution in [0.25, 0.3) is 10.7 Å². The molecule has 4 rings (SSSR count). The SMILES string of the molecule is Fc1ccc(CCNCc2ccc(Nc3cccc(-c4nccs4)n3)nc2)cc1. The minimum Gasteiger partial charge on any atom is -0.325 e. The molecule has 0 saturated heterocycles. The number of benzene rings is 1. The largest absolute Gasteiger partial charge is 0.325 e. The topological polar surface area (TPSA) is 62.7 Å². The van der Waals surface area contributed by atoms with E-state index in [0.29, 0.717) is 0 Å². The summed E-state index contributed by atoms with van der Waals surface area (Å²) in [5, 5.41) is 9.44. The van der Waals surface area contributed by atoms with E-state index in [9.17, 15) is 4.39 Å². The quantitative estimate of drug-likeness (QED) is 0.412. The summed E-state index contributed by atoms with van der Waals surface area (Å²) >= 11 is 1.56. The summed E-state index contributed by atoms with van der Waals surface area (Å²) in [5.74, 6) is 1.27. The second-order valence-electron chi connectivity index (χ2n) is 6.48. The molecule has 0 spiro atoms. The number of rotatable bonds is 8. The van der Waals surface area contributed by atoms with Gasteiger partial charge in [0.1, 0.15) is 28.2 Å². The first-order chi connectivity index (χ1) is 14.3. The molecule has 2 N–H and O–H groups in total. The summed E-state index contributed by atoms with van der Waals surface area (Å²) in [7, 11) is 0. The van der Waals surface area contributed by atoms with E-state index in [0.717, 1.165) is 53.0 Å². The van der Waals surface area contributed by atoms with E-state index >= 15 is 0 Å². The van der Waals surface area contributed by atoms with Gasteiger partial charge < -0.3 is 10.6 Å². The predicted molar refractivity (Wildman–Crippen MR) is 115 cm³/mol. The fourth-order valence-corrected chi connectivity index (χ4v) is 3.43. The van der Waals surface area contributed by atoms with E-state index in [1.165, 1.54) is 12.1 Å². The van der Waals surface area contributed by atoms with E-state index in [2.05, 4.69) is 25.6 Å². The fraction of sp³-hybridized carbons (Fsp3) is 0.136. The Balaban J connectivity index is 1.28. The van der Waals surface area contributed by atoms with Crippen LogP contribution >= 0.6 is 11.3 Å². The molecule has 4 aromatic rings. The molecular formula is C22H20FN5S. The lowest BCUT2D eigenvalue weighted by atomic mass is 10.1. The number of nitrogens with zero attached hydrogens (tertiary/aromatic N) is 3. The van der Waals surface area contributed by atoms with Gasteiger partial charge in [-0.1, -0.05) is 24.3 Å². The van der Waals surface area contributed by atoms with E-state index < -0.39 is 0 Å². The average Bonchev–Trinajstić information content (AvgIpc) is 3.29. The van der Waals surface area contributed by atoms with Crippen LogP contribution in [-0.4, -0.2) is 21.5 Å². The first-order valence-corrected chi connectivity index (χ1v) is 10.2. The molecule has 1 aromatic carbocycles. The minimum atomic E-state index is -0.202. The van der Waals surface area contributed by atoms with Crippen LogP contribution in [0.2, 0.25) is 0 Å². The molecule has 0 unspecified atom stereocenters. The zero-order valence-electron chi connectivity index (χ0n) is 15.7. The number of hydrogen-bond acceptors (Lipinski definition) is 6. The van der Waals surface area contributed by atoms with Crippen molar-refractivity contribution in [2.45, 2.75) is 13.0 Å². The molecule has 0 aliphatic heterocycles. The lowest BCUT2D eigenvalue weighted by molar-refractivity contribution is 0.626. The number of hydrogen-bond donors (Lipinski definition) is 2. The van der Waals surface area contributed by atoms with Crippen molar-refractivity contribution >= 4 is 23.0 Å². The van der Waals surface area contributed by atoms with Gasteiger partial charge in [0.25, 0.3) is 0 Å². The maximum absolute atomic E-state index is 12.9. The molecular weight excluding hydrogens is 385 g/mol. The second-order valence-corrected chi connectivity index (χ2v) is 7.37. The van der Waals surface area contributed by atoms with Crippen LogP contribution in [-0.2, 0) is 13.0 Å². The van der Waals surface area contributed by atoms with Crippen molar-refractivity contribution in [1.82, 2.24) is 20.3 Å². The molecule has 5 nitrogen and oxygen atoms in total. The molecule has 0 aliphatic carbocycles. The van der Waals surface area contributed by atoms with Crippen LogP contribution in [0, 0.1) is 5.82 Å². The predicted octanol–water partition coefficient (Wildman–Crippen LogP) is 4.82. The molecule has 146 valence electrons. The highest BCUT2D eigenvalue weighted by atomic mass is 32.1. The first kappa shape index (κ1) is 19.2. The highest BCUT2D eigenvalue weighted by Crippen LogP contribution is 2.22. The standard InChI is InChI=1S/C22H20FN5S/c23-18-7-4-16(5-8-18)10-11-24-14-17-6-9-20(26-15-17)28-21-3-1-2-19(27-21)22-25-12-13-29-22/h1-9,12-13,15,24H,10-11,14H2,(H,26,27,28). The Bertz CT molecular complexity index is 1030. The third-order valence-electron chi connectivity index (χ3n) is 4.31. The molecule has 0 fully saturated rings. The molecule has 0 amide bonds. The molecule has 7 heteroatoms. The van der Waals surface area contributed by atoms with Crippen LogP contribution in [0.15, 0.2) is 72.4 Å². The van der Waals surface area contributed by atoms with Crippen molar-refractivity contribution in [3.63, 3.8) is 0 Å². The highest BCUT2D eigenvalue weighted by molar-refractivity contribution is 7.13. The number of pyridine rings is 2. The number of aromatic nitrogens is 3. The van der Waals surface area contributed by atoms with Crippen LogP contribution in [0.1, 0.15) is 11.1 Å². The van der Waals surface area contributed by atoms with Crippen molar-refractivity contribution in [3.05, 3.63) is 89.3 Å². The van der Waals surface area contributed by atoms with Gasteiger partial charge in [-0.25, -0.2) is 19.3 Å². The lowest BCUT2D eigenvalue weighted by Gasteiger charge is -2.08. The normalized spacial score (nSPS) is 10.8. The maximum atomic E-state index is 12.9. The molecule has 29 heavy (non-hydrogen) atoms. The molecule has 0 saturated carbocycles. The third-order valence-corrected chi connectivity index (χ3v) is 5.11. The Morgan fingerprint density at radius 3 is 2.52 bits per heavy atom. The Morgan fingerprint density at radius 2 is 1.76 bits per heavy atom. The molecule has 3 aromatic heterocycles. The summed E-state index contributed by atoms with van der Waals surface area (Å²) in [4.78, 5) is 13.3. The van der Waals surface area contributed by atoms with Gasteiger partial charge in [0, 0.05) is 24.3 Å². The fourth-order valence-electron chi connectivity index (χ4n) is 2.82. The zero-order chi connectivity index (χ0) is 19.9. The van der Waals surface area contributed by atoms with E-state index in [4.69, 9.17) is 0 Å². The van der Waals surface area contributed by atoms with Crippen LogP contribution in [0.4, 0.5) is 16.0 Å². The van der Waals surface area contributed by atoms with Crippen molar-refractivity contribution in [2.24, 2.45) is 0 Å². The van der Waals surface area contributed by atoms with Crippen molar-refractivity contribution < 1.29 is 4.39 Å². The Hall–Kier alpha value is -3.16. The van der Waals surface area contributed by atoms with Gasteiger partial charge in [-0.05, 0) is 54.4 Å². The Labute approximate surface area is 172 Å². The van der Waals surface area contributed by atoms with E-state index in [1.807, 2.05) is 54.0 Å². The van der Waals surface area contributed by atoms with Gasteiger partial charge in [-0.2, -0.15) is 0 Å². The van der Waals surface area contributed by atoms with Gasteiger partial charge in [0.05, 0.1) is 0 Å². The van der Waals surface area contributed by atoms with Crippen molar-refractivity contribution in [2.75, 3.05) is 11.9 Å². The Morgan fingerprint density at radius 1 is 0.897 bits per heavy atom. The Kier molecular flexibility index (Phi) is 6.19. The van der Waals surface area contributed by atoms with Crippen molar-refractivity contribution in [3.8, 4) is 10.7 Å².